The summed E-state index contributed by atoms with van der Waals surface area (Å²) >= 11 is 6.48. The molecule has 3 atom stereocenters. The van der Waals surface area contributed by atoms with Crippen LogP contribution in [0.3, 0.4) is 0 Å². The highest BCUT2D eigenvalue weighted by molar-refractivity contribution is 6.35. The summed E-state index contributed by atoms with van der Waals surface area (Å²) in [5.41, 5.74) is 2.12. The van der Waals surface area contributed by atoms with Crippen molar-refractivity contribution in [2.24, 2.45) is 5.92 Å². The molecule has 3 aliphatic rings. The van der Waals surface area contributed by atoms with Crippen molar-refractivity contribution >= 4 is 34.8 Å². The molecule has 0 unspecified atom stereocenters. The Balaban J connectivity index is 1.57. The van der Waals surface area contributed by atoms with Gasteiger partial charge in [-0.15, -0.1) is 0 Å². The smallest absolute Gasteiger partial charge is 0.250 e. The first-order chi connectivity index (χ1) is 14.4. The number of aryl methyl sites for hydroxylation is 1. The number of rotatable bonds is 3. The van der Waals surface area contributed by atoms with Crippen LogP contribution in [-0.2, 0) is 15.1 Å². The van der Waals surface area contributed by atoms with Crippen molar-refractivity contribution in [1.29, 1.82) is 0 Å². The fourth-order valence-corrected chi connectivity index (χ4v) is 5.84. The molecule has 30 heavy (non-hydrogen) atoms. The molecule has 2 aromatic carbocycles. The molecule has 6 nitrogen and oxygen atoms in total. The maximum atomic E-state index is 13.5. The van der Waals surface area contributed by atoms with Crippen LogP contribution in [0.4, 0.5) is 11.4 Å². The number of halogens is 1. The summed E-state index contributed by atoms with van der Waals surface area (Å²) in [5, 5.41) is 6.54. The molecule has 0 radical (unpaired) electrons. The van der Waals surface area contributed by atoms with Crippen molar-refractivity contribution in [3.05, 3.63) is 52.5 Å². The Hall–Kier alpha value is -2.57. The van der Waals surface area contributed by atoms with Gasteiger partial charge in [-0.1, -0.05) is 17.7 Å². The molecule has 0 saturated carbocycles. The molecule has 7 heteroatoms. The number of methoxy groups -OCH3 is 1. The van der Waals surface area contributed by atoms with E-state index in [2.05, 4.69) is 15.5 Å². The Morgan fingerprint density at radius 3 is 2.80 bits per heavy atom. The highest BCUT2D eigenvalue weighted by Crippen LogP contribution is 2.56. The number of nitrogens with zero attached hydrogens (tertiary/aromatic N) is 1. The fourth-order valence-electron chi connectivity index (χ4n) is 5.52. The van der Waals surface area contributed by atoms with Gasteiger partial charge >= 0.3 is 0 Å². The molecule has 5 rings (SSSR count). The lowest BCUT2D eigenvalue weighted by Gasteiger charge is -2.36. The molecular weight excluding hydrogens is 402 g/mol. The van der Waals surface area contributed by atoms with Gasteiger partial charge in [-0.2, -0.15) is 0 Å². The van der Waals surface area contributed by atoms with Gasteiger partial charge in [-0.3, -0.25) is 14.5 Å². The second-order valence-corrected chi connectivity index (χ2v) is 8.79. The topological polar surface area (TPSA) is 70.7 Å². The quantitative estimate of drug-likeness (QED) is 0.781. The lowest BCUT2D eigenvalue weighted by molar-refractivity contribution is -0.135. The van der Waals surface area contributed by atoms with Crippen molar-refractivity contribution in [2.45, 2.75) is 37.8 Å². The summed E-state index contributed by atoms with van der Waals surface area (Å²) in [6.07, 6.45) is 2.68. The zero-order valence-electron chi connectivity index (χ0n) is 17.0. The van der Waals surface area contributed by atoms with Gasteiger partial charge in [-0.05, 0) is 68.6 Å². The van der Waals surface area contributed by atoms with Crippen LogP contribution in [0.25, 0.3) is 0 Å². The van der Waals surface area contributed by atoms with Gasteiger partial charge in [0.1, 0.15) is 11.3 Å². The first-order valence-electron chi connectivity index (χ1n) is 10.3. The molecular formula is C23H24ClN3O3. The SMILES string of the molecule is COc1ccc(NC(=O)[C@H]2C[C@H]3CCCN3[C@]23C(=O)Nc2c(Cl)cc(C)cc23)cc1. The number of carbonyl (C=O) groups excluding carboxylic acids is 2. The normalized spacial score (nSPS) is 27.1. The van der Waals surface area contributed by atoms with E-state index < -0.39 is 11.5 Å². The molecule has 2 saturated heterocycles. The Bertz CT molecular complexity index is 1040. The highest BCUT2D eigenvalue weighted by atomic mass is 35.5. The van der Waals surface area contributed by atoms with Crippen LogP contribution in [0.2, 0.25) is 5.02 Å². The second-order valence-electron chi connectivity index (χ2n) is 8.39. The van der Waals surface area contributed by atoms with E-state index in [4.69, 9.17) is 16.3 Å². The third kappa shape index (κ3) is 2.67. The molecule has 2 amide bonds. The van der Waals surface area contributed by atoms with Gasteiger partial charge in [0, 0.05) is 17.3 Å². The number of carbonyl (C=O) groups is 2. The van der Waals surface area contributed by atoms with Crippen LogP contribution in [0.1, 0.15) is 30.4 Å². The summed E-state index contributed by atoms with van der Waals surface area (Å²) in [4.78, 5) is 29.2. The first-order valence-corrected chi connectivity index (χ1v) is 10.7. The Labute approximate surface area is 180 Å². The second kappa shape index (κ2) is 7.00. The predicted molar refractivity (Wildman–Crippen MR) is 116 cm³/mol. The average Bonchev–Trinajstić information content (AvgIpc) is 3.38. The van der Waals surface area contributed by atoms with Crippen molar-refractivity contribution in [3.8, 4) is 5.75 Å². The molecule has 0 aliphatic carbocycles. The minimum Gasteiger partial charge on any atom is -0.497 e. The van der Waals surface area contributed by atoms with Gasteiger partial charge in [0.05, 0.1) is 23.7 Å². The lowest BCUT2D eigenvalue weighted by atomic mass is 9.78. The van der Waals surface area contributed by atoms with E-state index >= 15 is 0 Å². The molecule has 1 spiro atoms. The van der Waals surface area contributed by atoms with Crippen molar-refractivity contribution in [2.75, 3.05) is 24.3 Å². The molecule has 0 aromatic heterocycles. The number of ether oxygens (including phenoxy) is 1. The van der Waals surface area contributed by atoms with Gasteiger partial charge in [0.15, 0.2) is 0 Å². The number of nitrogens with one attached hydrogen (secondary N) is 2. The zero-order chi connectivity index (χ0) is 21.0. The van der Waals surface area contributed by atoms with Crippen molar-refractivity contribution in [1.82, 2.24) is 4.90 Å². The zero-order valence-corrected chi connectivity index (χ0v) is 17.8. The largest absolute Gasteiger partial charge is 0.497 e. The van der Waals surface area contributed by atoms with E-state index in [1.54, 1.807) is 19.2 Å². The number of anilines is 2. The number of hydrogen-bond donors (Lipinski definition) is 2. The first kappa shape index (κ1) is 19.4. The minimum absolute atomic E-state index is 0.143. The highest BCUT2D eigenvalue weighted by Gasteiger charge is 2.65. The number of amides is 2. The van der Waals surface area contributed by atoms with E-state index in [0.29, 0.717) is 22.8 Å². The van der Waals surface area contributed by atoms with Crippen molar-refractivity contribution < 1.29 is 14.3 Å². The molecule has 3 aliphatic heterocycles. The van der Waals surface area contributed by atoms with Crippen LogP contribution in [0, 0.1) is 12.8 Å². The predicted octanol–water partition coefficient (Wildman–Crippen LogP) is 3.93. The molecule has 2 N–H and O–H groups in total. The van der Waals surface area contributed by atoms with Gasteiger partial charge in [0.2, 0.25) is 11.8 Å². The van der Waals surface area contributed by atoms with Crippen LogP contribution in [0.15, 0.2) is 36.4 Å². The number of hydrogen-bond acceptors (Lipinski definition) is 4. The minimum atomic E-state index is -1.01. The third-order valence-corrected chi connectivity index (χ3v) is 7.04. The number of fused-ring (bicyclic) bond motifs is 4. The Morgan fingerprint density at radius 1 is 1.30 bits per heavy atom. The van der Waals surface area contributed by atoms with E-state index in [1.165, 1.54) is 0 Å². The van der Waals surface area contributed by atoms with Gasteiger partial charge < -0.3 is 15.4 Å². The maximum absolute atomic E-state index is 13.5. The summed E-state index contributed by atoms with van der Waals surface area (Å²) in [6, 6.07) is 11.3. The fraction of sp³-hybridized carbons (Fsp3) is 0.391. The van der Waals surface area contributed by atoms with E-state index in [0.717, 1.165) is 36.3 Å². The Morgan fingerprint density at radius 2 is 2.07 bits per heavy atom. The number of benzene rings is 2. The monoisotopic (exact) mass is 425 g/mol. The van der Waals surface area contributed by atoms with E-state index in [1.807, 2.05) is 31.2 Å². The average molecular weight is 426 g/mol. The third-order valence-electron chi connectivity index (χ3n) is 6.75. The summed E-state index contributed by atoms with van der Waals surface area (Å²) in [5.74, 6) is -0.0660. The summed E-state index contributed by atoms with van der Waals surface area (Å²) < 4.78 is 5.19. The van der Waals surface area contributed by atoms with E-state index in [9.17, 15) is 9.59 Å². The van der Waals surface area contributed by atoms with Crippen LogP contribution in [-0.4, -0.2) is 36.4 Å². The van der Waals surface area contributed by atoms with Crippen LogP contribution in [0.5, 0.6) is 5.75 Å². The Kier molecular flexibility index (Phi) is 4.52. The van der Waals surface area contributed by atoms with E-state index in [-0.39, 0.29) is 17.9 Å². The molecule has 156 valence electrons. The van der Waals surface area contributed by atoms with Crippen LogP contribution >= 0.6 is 11.6 Å². The van der Waals surface area contributed by atoms with Crippen molar-refractivity contribution in [3.63, 3.8) is 0 Å². The van der Waals surface area contributed by atoms with Gasteiger partial charge in [0.25, 0.3) is 0 Å². The molecule has 3 heterocycles. The summed E-state index contributed by atoms with van der Waals surface area (Å²) in [6.45, 7) is 2.76. The molecule has 0 bridgehead atoms. The maximum Gasteiger partial charge on any atom is 0.250 e. The van der Waals surface area contributed by atoms with Gasteiger partial charge in [-0.25, -0.2) is 0 Å². The molecule has 2 aromatic rings. The van der Waals surface area contributed by atoms with Crippen LogP contribution < -0.4 is 15.4 Å². The molecule has 2 fully saturated rings. The summed E-state index contributed by atoms with van der Waals surface area (Å²) in [7, 11) is 1.60. The standard InChI is InChI=1S/C23H24ClN3O3/c1-13-10-17-20(19(24)11-13)26-22(29)23(17)18(12-15-4-3-9-27(15)23)21(28)25-14-5-7-16(30-2)8-6-14/h5-8,10-11,15,18H,3-4,9,12H2,1-2H3,(H,25,28)(H,26,29)/t15-,18-,23+/m1/s1. The lowest BCUT2D eigenvalue weighted by Crippen LogP contribution is -2.53.